The van der Waals surface area contributed by atoms with Crippen LogP contribution in [0.15, 0.2) is 59.5 Å². The predicted molar refractivity (Wildman–Crippen MR) is 96.4 cm³/mol. The number of hydrogen-bond acceptors (Lipinski definition) is 3. The maximum absolute atomic E-state index is 12.2. The molecule has 0 aliphatic carbocycles. The summed E-state index contributed by atoms with van der Waals surface area (Å²) in [7, 11) is -3.61. The lowest BCUT2D eigenvalue weighted by Crippen LogP contribution is -2.19. The Morgan fingerprint density at radius 2 is 1.46 bits per heavy atom. The summed E-state index contributed by atoms with van der Waals surface area (Å²) in [5.41, 5.74) is 0.981. The van der Waals surface area contributed by atoms with E-state index < -0.39 is 10.0 Å². The Labute approximate surface area is 143 Å². The van der Waals surface area contributed by atoms with E-state index >= 15 is 0 Å². The highest BCUT2D eigenvalue weighted by molar-refractivity contribution is 7.92. The Morgan fingerprint density at radius 3 is 2.00 bits per heavy atom. The highest BCUT2D eigenvalue weighted by Gasteiger charge is 2.16. The summed E-state index contributed by atoms with van der Waals surface area (Å²) in [6.45, 7) is 5.98. The van der Waals surface area contributed by atoms with Crippen LogP contribution in [0, 0.1) is 5.41 Å². The molecule has 128 valence electrons. The molecule has 0 aliphatic rings. The third kappa shape index (κ3) is 5.38. The van der Waals surface area contributed by atoms with Gasteiger partial charge in [0.2, 0.25) is 5.91 Å². The van der Waals surface area contributed by atoms with Gasteiger partial charge < -0.3 is 5.32 Å². The van der Waals surface area contributed by atoms with Gasteiger partial charge in [-0.25, -0.2) is 8.42 Å². The Morgan fingerprint density at radius 1 is 0.917 bits per heavy atom. The van der Waals surface area contributed by atoms with Crippen LogP contribution in [0.1, 0.15) is 27.2 Å². The van der Waals surface area contributed by atoms with Gasteiger partial charge in [0.1, 0.15) is 0 Å². The number of benzene rings is 2. The summed E-state index contributed by atoms with van der Waals surface area (Å²) in [4.78, 5) is 12.1. The summed E-state index contributed by atoms with van der Waals surface area (Å²) in [6, 6.07) is 14.7. The highest BCUT2D eigenvalue weighted by atomic mass is 32.2. The third-order valence-corrected chi connectivity index (χ3v) is 4.56. The van der Waals surface area contributed by atoms with E-state index in [1.165, 1.54) is 12.1 Å². The number of sulfonamides is 1. The average Bonchev–Trinajstić information content (AvgIpc) is 2.48. The van der Waals surface area contributed by atoms with Crippen LogP contribution in [0.3, 0.4) is 0 Å². The van der Waals surface area contributed by atoms with Gasteiger partial charge in [0, 0.05) is 17.8 Å². The van der Waals surface area contributed by atoms with E-state index in [1.54, 1.807) is 42.5 Å². The van der Waals surface area contributed by atoms with E-state index in [4.69, 9.17) is 0 Å². The number of hydrogen-bond donors (Lipinski definition) is 2. The van der Waals surface area contributed by atoms with E-state index in [2.05, 4.69) is 10.0 Å². The van der Waals surface area contributed by atoms with Crippen molar-refractivity contribution in [3.05, 3.63) is 54.6 Å². The normalized spacial score (nSPS) is 11.8. The first-order chi connectivity index (χ1) is 11.2. The number of rotatable bonds is 5. The number of carbonyl (C=O) groups is 1. The van der Waals surface area contributed by atoms with Gasteiger partial charge in [-0.2, -0.15) is 0 Å². The summed E-state index contributed by atoms with van der Waals surface area (Å²) >= 11 is 0. The number of anilines is 2. The van der Waals surface area contributed by atoms with E-state index in [9.17, 15) is 13.2 Å². The molecule has 0 unspecified atom stereocenters. The van der Waals surface area contributed by atoms with Crippen molar-refractivity contribution in [2.75, 3.05) is 10.0 Å². The molecule has 0 bridgehead atoms. The van der Waals surface area contributed by atoms with Crippen molar-refractivity contribution in [3.8, 4) is 0 Å². The van der Waals surface area contributed by atoms with Crippen molar-refractivity contribution in [2.24, 2.45) is 5.41 Å². The standard InChI is InChI=1S/C18H22N2O3S/c1-18(2,3)13-17(21)19-14-9-11-15(12-10-14)20-24(22,23)16-7-5-4-6-8-16/h4-12,20H,13H2,1-3H3,(H,19,21). The van der Waals surface area contributed by atoms with E-state index in [0.29, 0.717) is 17.8 Å². The van der Waals surface area contributed by atoms with Crippen LogP contribution < -0.4 is 10.0 Å². The van der Waals surface area contributed by atoms with Crippen LogP contribution in [-0.4, -0.2) is 14.3 Å². The van der Waals surface area contributed by atoms with Gasteiger partial charge in [0.25, 0.3) is 10.0 Å². The molecule has 0 radical (unpaired) electrons. The molecule has 24 heavy (non-hydrogen) atoms. The zero-order valence-corrected chi connectivity index (χ0v) is 14.9. The van der Waals surface area contributed by atoms with Crippen molar-refractivity contribution in [3.63, 3.8) is 0 Å². The highest BCUT2D eigenvalue weighted by Crippen LogP contribution is 2.21. The number of nitrogens with one attached hydrogen (secondary N) is 2. The Bertz CT molecular complexity index is 792. The molecule has 2 aromatic carbocycles. The third-order valence-electron chi connectivity index (χ3n) is 3.17. The lowest BCUT2D eigenvalue weighted by molar-refractivity contribution is -0.117. The van der Waals surface area contributed by atoms with Gasteiger partial charge in [-0.1, -0.05) is 39.0 Å². The van der Waals surface area contributed by atoms with Gasteiger partial charge in [-0.05, 0) is 41.8 Å². The maximum Gasteiger partial charge on any atom is 0.261 e. The first-order valence-corrected chi connectivity index (χ1v) is 9.12. The van der Waals surface area contributed by atoms with Gasteiger partial charge in [-0.3, -0.25) is 9.52 Å². The minimum atomic E-state index is -3.61. The van der Waals surface area contributed by atoms with Gasteiger partial charge >= 0.3 is 0 Å². The SMILES string of the molecule is CC(C)(C)CC(=O)Nc1ccc(NS(=O)(=O)c2ccccc2)cc1. The summed E-state index contributed by atoms with van der Waals surface area (Å²) < 4.78 is 27.0. The molecule has 0 saturated heterocycles. The largest absolute Gasteiger partial charge is 0.326 e. The topological polar surface area (TPSA) is 75.3 Å². The van der Waals surface area contributed by atoms with Crippen LogP contribution in [0.25, 0.3) is 0 Å². The first kappa shape index (κ1) is 18.0. The van der Waals surface area contributed by atoms with Crippen LogP contribution in [0.4, 0.5) is 11.4 Å². The fourth-order valence-corrected chi connectivity index (χ4v) is 3.20. The average molecular weight is 346 g/mol. The molecule has 0 saturated carbocycles. The molecule has 0 aliphatic heterocycles. The lowest BCUT2D eigenvalue weighted by Gasteiger charge is -2.17. The van der Waals surface area contributed by atoms with E-state index in [-0.39, 0.29) is 16.2 Å². The maximum atomic E-state index is 12.2. The molecule has 0 spiro atoms. The molecule has 0 fully saturated rings. The van der Waals surface area contributed by atoms with Crippen LogP contribution >= 0.6 is 0 Å². The van der Waals surface area contributed by atoms with Gasteiger partial charge in [0.15, 0.2) is 0 Å². The smallest absolute Gasteiger partial charge is 0.261 e. The van der Waals surface area contributed by atoms with E-state index in [0.717, 1.165) is 0 Å². The van der Waals surface area contributed by atoms with E-state index in [1.807, 2.05) is 20.8 Å². The summed E-state index contributed by atoms with van der Waals surface area (Å²) in [5, 5.41) is 2.80. The van der Waals surface area contributed by atoms with Crippen LogP contribution in [0.5, 0.6) is 0 Å². The van der Waals surface area contributed by atoms with Crippen LogP contribution in [-0.2, 0) is 14.8 Å². The quantitative estimate of drug-likeness (QED) is 0.863. The Balaban J connectivity index is 2.04. The summed E-state index contributed by atoms with van der Waals surface area (Å²) in [5.74, 6) is -0.0693. The molecule has 2 N–H and O–H groups in total. The predicted octanol–water partition coefficient (Wildman–Crippen LogP) is 3.86. The minimum absolute atomic E-state index is 0.0693. The number of amides is 1. The van der Waals surface area contributed by atoms with Gasteiger partial charge in [0.05, 0.1) is 4.90 Å². The van der Waals surface area contributed by atoms with Crippen molar-refractivity contribution < 1.29 is 13.2 Å². The molecule has 0 aromatic heterocycles. The van der Waals surface area contributed by atoms with Crippen molar-refractivity contribution in [1.82, 2.24) is 0 Å². The fourth-order valence-electron chi connectivity index (χ4n) is 2.12. The number of carbonyl (C=O) groups excluding carboxylic acids is 1. The monoisotopic (exact) mass is 346 g/mol. The molecule has 6 heteroatoms. The molecular weight excluding hydrogens is 324 g/mol. The molecule has 5 nitrogen and oxygen atoms in total. The molecular formula is C18H22N2O3S. The Hall–Kier alpha value is -2.34. The fraction of sp³-hybridized carbons (Fsp3) is 0.278. The minimum Gasteiger partial charge on any atom is -0.326 e. The summed E-state index contributed by atoms with van der Waals surface area (Å²) in [6.07, 6.45) is 0.412. The molecule has 2 aromatic rings. The van der Waals surface area contributed by atoms with Crippen molar-refractivity contribution in [1.29, 1.82) is 0 Å². The van der Waals surface area contributed by atoms with Crippen molar-refractivity contribution in [2.45, 2.75) is 32.1 Å². The van der Waals surface area contributed by atoms with Crippen molar-refractivity contribution >= 4 is 27.3 Å². The second-order valence-corrected chi connectivity index (χ2v) is 8.46. The lowest BCUT2D eigenvalue weighted by atomic mass is 9.92. The van der Waals surface area contributed by atoms with Gasteiger partial charge in [-0.15, -0.1) is 0 Å². The first-order valence-electron chi connectivity index (χ1n) is 7.63. The molecule has 0 heterocycles. The molecule has 0 atom stereocenters. The Kier molecular flexibility index (Phi) is 5.29. The molecule has 2 rings (SSSR count). The molecule has 1 amide bonds. The second kappa shape index (κ2) is 7.05. The van der Waals surface area contributed by atoms with Crippen LogP contribution in [0.2, 0.25) is 0 Å². The zero-order chi connectivity index (χ0) is 17.8. The zero-order valence-electron chi connectivity index (χ0n) is 14.0. The second-order valence-electron chi connectivity index (χ2n) is 6.78.